The van der Waals surface area contributed by atoms with Crippen LogP contribution in [0.2, 0.25) is 0 Å². The highest BCUT2D eigenvalue weighted by molar-refractivity contribution is 5.97. The predicted molar refractivity (Wildman–Crippen MR) is 71.2 cm³/mol. The van der Waals surface area contributed by atoms with Gasteiger partial charge in [0.25, 0.3) is 0 Å². The zero-order valence-electron chi connectivity index (χ0n) is 10.5. The van der Waals surface area contributed by atoms with Crippen molar-refractivity contribution in [1.29, 1.82) is 0 Å². The third kappa shape index (κ3) is 2.48. The Morgan fingerprint density at radius 3 is 2.50 bits per heavy atom. The lowest BCUT2D eigenvalue weighted by molar-refractivity contribution is 0.0988. The van der Waals surface area contributed by atoms with Crippen molar-refractivity contribution in [3.8, 4) is 11.1 Å². The van der Waals surface area contributed by atoms with Crippen molar-refractivity contribution in [1.82, 2.24) is 0 Å². The molecule has 0 heterocycles. The Morgan fingerprint density at radius 2 is 1.83 bits per heavy atom. The molecule has 0 aliphatic heterocycles. The summed E-state index contributed by atoms with van der Waals surface area (Å²) in [5, 5.41) is 0. The number of carbonyl (C=O) groups excluding carboxylic acids is 1. The van der Waals surface area contributed by atoms with Gasteiger partial charge in [-0.1, -0.05) is 31.2 Å². The smallest absolute Gasteiger partial charge is 0.162 e. The minimum absolute atomic E-state index is 0.121. The molecule has 0 saturated heterocycles. The van der Waals surface area contributed by atoms with Gasteiger partial charge in [0.05, 0.1) is 0 Å². The van der Waals surface area contributed by atoms with Crippen LogP contribution in [-0.2, 0) is 0 Å². The second kappa shape index (κ2) is 5.13. The molecule has 2 aromatic carbocycles. The Hall–Kier alpha value is -1.96. The number of benzene rings is 2. The van der Waals surface area contributed by atoms with Gasteiger partial charge >= 0.3 is 0 Å². The number of halogens is 1. The molecule has 0 fully saturated rings. The number of carbonyl (C=O) groups is 1. The van der Waals surface area contributed by atoms with Crippen molar-refractivity contribution < 1.29 is 9.18 Å². The number of rotatable bonds is 3. The lowest BCUT2D eigenvalue weighted by Crippen LogP contribution is -1.96. The normalized spacial score (nSPS) is 10.4. The first kappa shape index (κ1) is 12.5. The Bertz CT molecular complexity index is 587. The molecule has 0 atom stereocenters. The fourth-order valence-corrected chi connectivity index (χ4v) is 1.90. The van der Waals surface area contributed by atoms with E-state index in [0.29, 0.717) is 17.5 Å². The summed E-state index contributed by atoms with van der Waals surface area (Å²) in [6, 6.07) is 12.4. The molecular weight excluding hydrogens is 227 g/mol. The fourth-order valence-electron chi connectivity index (χ4n) is 1.90. The van der Waals surface area contributed by atoms with Gasteiger partial charge in [-0.15, -0.1) is 0 Å². The maximum Gasteiger partial charge on any atom is 0.162 e. The number of hydrogen-bond acceptors (Lipinski definition) is 1. The molecule has 0 aliphatic rings. The Kier molecular flexibility index (Phi) is 3.56. The van der Waals surface area contributed by atoms with Gasteiger partial charge in [-0.25, -0.2) is 4.39 Å². The third-order valence-electron chi connectivity index (χ3n) is 3.00. The van der Waals surface area contributed by atoms with E-state index in [-0.39, 0.29) is 11.6 Å². The van der Waals surface area contributed by atoms with Crippen molar-refractivity contribution in [2.24, 2.45) is 0 Å². The molecule has 0 bridgehead atoms. The van der Waals surface area contributed by atoms with Gasteiger partial charge in [-0.05, 0) is 41.8 Å². The van der Waals surface area contributed by atoms with Crippen LogP contribution in [0.5, 0.6) is 0 Å². The summed E-state index contributed by atoms with van der Waals surface area (Å²) in [6.07, 6.45) is 0.492. The molecule has 0 unspecified atom stereocenters. The quantitative estimate of drug-likeness (QED) is 0.729. The van der Waals surface area contributed by atoms with Crippen LogP contribution in [0.4, 0.5) is 4.39 Å². The molecular formula is C16H15FO. The second-order valence-electron chi connectivity index (χ2n) is 4.32. The average Bonchev–Trinajstić information content (AvgIpc) is 2.41. The van der Waals surface area contributed by atoms with Crippen LogP contribution in [0.3, 0.4) is 0 Å². The molecule has 0 spiro atoms. The van der Waals surface area contributed by atoms with Gasteiger partial charge in [0.1, 0.15) is 5.82 Å². The number of ketones is 1. The SMILES string of the molecule is CCC(=O)c1cccc(-c2ccc(F)c(C)c2)c1. The van der Waals surface area contributed by atoms with Gasteiger partial charge in [0.15, 0.2) is 5.78 Å². The van der Waals surface area contributed by atoms with E-state index in [1.54, 1.807) is 19.1 Å². The van der Waals surface area contributed by atoms with Gasteiger partial charge < -0.3 is 0 Å². The lowest BCUT2D eigenvalue weighted by atomic mass is 9.99. The molecule has 18 heavy (non-hydrogen) atoms. The summed E-state index contributed by atoms with van der Waals surface area (Å²) in [4.78, 5) is 11.7. The molecule has 1 nitrogen and oxygen atoms in total. The van der Waals surface area contributed by atoms with Gasteiger partial charge in [-0.2, -0.15) is 0 Å². The summed E-state index contributed by atoms with van der Waals surface area (Å²) in [7, 11) is 0. The van der Waals surface area contributed by atoms with E-state index in [1.807, 2.05) is 31.2 Å². The van der Waals surface area contributed by atoms with Crippen molar-refractivity contribution in [3.63, 3.8) is 0 Å². The van der Waals surface area contributed by atoms with Crippen LogP contribution in [-0.4, -0.2) is 5.78 Å². The highest BCUT2D eigenvalue weighted by atomic mass is 19.1. The molecule has 0 aliphatic carbocycles. The van der Waals surface area contributed by atoms with E-state index in [9.17, 15) is 9.18 Å². The van der Waals surface area contributed by atoms with E-state index in [1.165, 1.54) is 6.07 Å². The molecule has 0 saturated carbocycles. The monoisotopic (exact) mass is 242 g/mol. The molecule has 92 valence electrons. The summed E-state index contributed by atoms with van der Waals surface area (Å²) < 4.78 is 13.2. The molecule has 2 heteroatoms. The predicted octanol–water partition coefficient (Wildman–Crippen LogP) is 4.39. The Labute approximate surface area is 106 Å². The average molecular weight is 242 g/mol. The number of Topliss-reactive ketones (excluding diaryl/α,β-unsaturated/α-hetero) is 1. The largest absolute Gasteiger partial charge is 0.294 e. The van der Waals surface area contributed by atoms with Gasteiger partial charge in [-0.3, -0.25) is 4.79 Å². The summed E-state index contributed by atoms with van der Waals surface area (Å²) in [5.41, 5.74) is 3.19. The van der Waals surface area contributed by atoms with Crippen LogP contribution in [0.1, 0.15) is 29.3 Å². The van der Waals surface area contributed by atoms with E-state index >= 15 is 0 Å². The van der Waals surface area contributed by atoms with Crippen LogP contribution < -0.4 is 0 Å². The van der Waals surface area contributed by atoms with Crippen molar-refractivity contribution in [3.05, 3.63) is 59.4 Å². The summed E-state index contributed by atoms with van der Waals surface area (Å²) >= 11 is 0. The second-order valence-corrected chi connectivity index (χ2v) is 4.32. The van der Waals surface area contributed by atoms with Crippen LogP contribution in [0.25, 0.3) is 11.1 Å². The van der Waals surface area contributed by atoms with Gasteiger partial charge in [0.2, 0.25) is 0 Å². The van der Waals surface area contributed by atoms with E-state index in [2.05, 4.69) is 0 Å². The van der Waals surface area contributed by atoms with E-state index in [0.717, 1.165) is 11.1 Å². The first-order valence-corrected chi connectivity index (χ1v) is 6.01. The van der Waals surface area contributed by atoms with Crippen molar-refractivity contribution >= 4 is 5.78 Å². The molecule has 2 aromatic rings. The minimum atomic E-state index is -0.209. The zero-order valence-corrected chi connectivity index (χ0v) is 10.5. The molecule has 2 rings (SSSR count). The molecule has 0 aromatic heterocycles. The number of hydrogen-bond donors (Lipinski definition) is 0. The van der Waals surface area contributed by atoms with Crippen molar-refractivity contribution in [2.75, 3.05) is 0 Å². The lowest BCUT2D eigenvalue weighted by Gasteiger charge is -2.06. The van der Waals surface area contributed by atoms with Crippen LogP contribution >= 0.6 is 0 Å². The maximum atomic E-state index is 13.2. The Balaban J connectivity index is 2.44. The van der Waals surface area contributed by atoms with E-state index in [4.69, 9.17) is 0 Å². The molecule has 0 radical (unpaired) electrons. The standard InChI is InChI=1S/C16H15FO/c1-3-16(18)14-6-4-5-12(10-14)13-7-8-15(17)11(2)9-13/h4-10H,3H2,1-2H3. The highest BCUT2D eigenvalue weighted by Crippen LogP contribution is 2.23. The molecule has 0 N–H and O–H groups in total. The summed E-state index contributed by atoms with van der Waals surface area (Å²) in [5.74, 6) is -0.0878. The highest BCUT2D eigenvalue weighted by Gasteiger charge is 2.06. The van der Waals surface area contributed by atoms with Gasteiger partial charge in [0, 0.05) is 12.0 Å². The first-order chi connectivity index (χ1) is 8.61. The fraction of sp³-hybridized carbons (Fsp3) is 0.188. The van der Waals surface area contributed by atoms with E-state index < -0.39 is 0 Å². The summed E-state index contributed by atoms with van der Waals surface area (Å²) in [6.45, 7) is 3.58. The minimum Gasteiger partial charge on any atom is -0.294 e. The first-order valence-electron chi connectivity index (χ1n) is 6.01. The van der Waals surface area contributed by atoms with Crippen LogP contribution in [0, 0.1) is 12.7 Å². The number of aryl methyl sites for hydroxylation is 1. The van der Waals surface area contributed by atoms with Crippen LogP contribution in [0.15, 0.2) is 42.5 Å². The Morgan fingerprint density at radius 1 is 1.11 bits per heavy atom. The van der Waals surface area contributed by atoms with Crippen molar-refractivity contribution in [2.45, 2.75) is 20.3 Å². The zero-order chi connectivity index (χ0) is 13.1. The third-order valence-corrected chi connectivity index (χ3v) is 3.00. The molecule has 0 amide bonds. The topological polar surface area (TPSA) is 17.1 Å². The maximum absolute atomic E-state index is 13.2.